The van der Waals surface area contributed by atoms with Gasteiger partial charge in [0.15, 0.2) is 0 Å². The summed E-state index contributed by atoms with van der Waals surface area (Å²) in [6, 6.07) is 15.5. The minimum absolute atomic E-state index is 0.192. The molecule has 0 radical (unpaired) electrons. The third-order valence-electron chi connectivity index (χ3n) is 5.56. The average Bonchev–Trinajstić information content (AvgIpc) is 3.40. The number of nitrogens with zero attached hydrogens (tertiary/aromatic N) is 3. The molecule has 0 amide bonds. The van der Waals surface area contributed by atoms with E-state index in [0.29, 0.717) is 28.4 Å². The molecule has 0 bridgehead atoms. The number of allylic oxidation sites excluding steroid dienone is 6. The molecule has 0 aliphatic rings. The lowest BCUT2D eigenvalue weighted by Gasteiger charge is -2.12. The van der Waals surface area contributed by atoms with Crippen molar-refractivity contribution in [1.82, 2.24) is 10.1 Å². The SMILES string of the molecule is C=C/C(F)=C(\C=C)C/C(=C(\N=C)c1nc(-c2ccc(CCC(=C)N)cc2C)no1)c1ccccc1.CC. The fourth-order valence-electron chi connectivity index (χ4n) is 3.70. The Balaban J connectivity index is 0.00000235. The number of nitrogens with two attached hydrogens (primary N) is 1. The molecule has 3 aromatic rings. The highest BCUT2D eigenvalue weighted by molar-refractivity contribution is 5.90. The highest BCUT2D eigenvalue weighted by atomic mass is 19.1. The van der Waals surface area contributed by atoms with Crippen LogP contribution in [-0.2, 0) is 6.42 Å². The zero-order valence-corrected chi connectivity index (χ0v) is 21.9. The third-order valence-corrected chi connectivity index (χ3v) is 5.56. The van der Waals surface area contributed by atoms with E-state index in [9.17, 15) is 4.39 Å². The minimum atomic E-state index is -0.461. The van der Waals surface area contributed by atoms with Crippen LogP contribution >= 0.6 is 0 Å². The first-order valence-electron chi connectivity index (χ1n) is 12.1. The van der Waals surface area contributed by atoms with Crippen molar-refractivity contribution in [3.05, 3.63) is 120 Å². The van der Waals surface area contributed by atoms with E-state index >= 15 is 0 Å². The van der Waals surface area contributed by atoms with Crippen molar-refractivity contribution in [3.63, 3.8) is 0 Å². The molecule has 0 saturated heterocycles. The van der Waals surface area contributed by atoms with Crippen LogP contribution in [0, 0.1) is 6.92 Å². The first kappa shape index (κ1) is 28.9. The van der Waals surface area contributed by atoms with E-state index in [-0.39, 0.29) is 12.3 Å². The highest BCUT2D eigenvalue weighted by Gasteiger charge is 2.20. The van der Waals surface area contributed by atoms with Crippen molar-refractivity contribution in [3.8, 4) is 11.4 Å². The smallest absolute Gasteiger partial charge is 0.277 e. The van der Waals surface area contributed by atoms with Gasteiger partial charge >= 0.3 is 0 Å². The quantitative estimate of drug-likeness (QED) is 0.214. The van der Waals surface area contributed by atoms with Gasteiger partial charge in [0.05, 0.1) is 0 Å². The van der Waals surface area contributed by atoms with Crippen molar-refractivity contribution in [2.75, 3.05) is 0 Å². The van der Waals surface area contributed by atoms with Crippen LogP contribution in [0.25, 0.3) is 22.7 Å². The average molecular weight is 499 g/mol. The topological polar surface area (TPSA) is 77.3 Å². The number of aromatic nitrogens is 2. The molecular formula is C31H35FN4O. The number of rotatable bonds is 11. The van der Waals surface area contributed by atoms with Crippen LogP contribution in [0.2, 0.25) is 0 Å². The maximum Gasteiger partial charge on any atom is 0.277 e. The van der Waals surface area contributed by atoms with Gasteiger partial charge < -0.3 is 10.3 Å². The normalized spacial score (nSPS) is 11.9. The second-order valence-electron chi connectivity index (χ2n) is 8.04. The highest BCUT2D eigenvalue weighted by Crippen LogP contribution is 2.34. The molecule has 2 aromatic carbocycles. The first-order chi connectivity index (χ1) is 17.9. The zero-order chi connectivity index (χ0) is 27.4. The van der Waals surface area contributed by atoms with Crippen molar-refractivity contribution < 1.29 is 8.91 Å². The molecule has 192 valence electrons. The Hall–Kier alpha value is -4.32. The summed E-state index contributed by atoms with van der Waals surface area (Å²) in [6.07, 6.45) is 4.34. The number of halogens is 1. The molecule has 0 aliphatic carbocycles. The predicted octanol–water partition coefficient (Wildman–Crippen LogP) is 8.03. The van der Waals surface area contributed by atoms with Gasteiger partial charge in [-0.3, -0.25) is 4.99 Å². The molecule has 0 spiro atoms. The predicted molar refractivity (Wildman–Crippen MR) is 153 cm³/mol. The van der Waals surface area contributed by atoms with Crippen molar-refractivity contribution >= 4 is 18.0 Å². The Labute approximate surface area is 219 Å². The van der Waals surface area contributed by atoms with Gasteiger partial charge in [0, 0.05) is 17.7 Å². The standard InChI is InChI=1S/C29H29FN4O.C2H6/c1-6-22(26(30)7-2)18-25(23-11-9-8-10-12-23)27(32-5)29-33-28(34-35-29)24-16-15-21(17-19(24)3)14-13-20(4)31;1-2/h6-12,15-17H,1-2,4-5,13-14,18,31H2,3H3;1-2H3/b26-22-,27-25+;. The lowest BCUT2D eigenvalue weighted by Crippen LogP contribution is -1.97. The minimum Gasteiger partial charge on any atom is -0.403 e. The zero-order valence-electron chi connectivity index (χ0n) is 21.9. The number of benzene rings is 2. The van der Waals surface area contributed by atoms with Gasteiger partial charge in [0.25, 0.3) is 5.89 Å². The van der Waals surface area contributed by atoms with Crippen LogP contribution in [0.15, 0.2) is 107 Å². The second-order valence-corrected chi connectivity index (χ2v) is 8.04. The maximum atomic E-state index is 14.4. The number of aliphatic imine (C=N–C) groups is 1. The molecule has 0 saturated carbocycles. The van der Waals surface area contributed by atoms with E-state index < -0.39 is 5.83 Å². The van der Waals surface area contributed by atoms with Gasteiger partial charge in [-0.25, -0.2) is 4.39 Å². The Morgan fingerprint density at radius 1 is 1.11 bits per heavy atom. The summed E-state index contributed by atoms with van der Waals surface area (Å²) in [4.78, 5) is 8.80. The van der Waals surface area contributed by atoms with Crippen LogP contribution < -0.4 is 5.73 Å². The lowest BCUT2D eigenvalue weighted by molar-refractivity contribution is 0.408. The fourth-order valence-corrected chi connectivity index (χ4v) is 3.70. The van der Waals surface area contributed by atoms with E-state index in [1.165, 1.54) is 6.08 Å². The van der Waals surface area contributed by atoms with Crippen molar-refractivity contribution in [2.24, 2.45) is 10.7 Å². The lowest BCUT2D eigenvalue weighted by atomic mass is 9.95. The molecule has 3 rings (SSSR count). The molecule has 0 aliphatic heterocycles. The van der Waals surface area contributed by atoms with Gasteiger partial charge in [-0.1, -0.05) is 93.3 Å². The van der Waals surface area contributed by atoms with Gasteiger partial charge in [0.2, 0.25) is 5.82 Å². The molecule has 1 aromatic heterocycles. The second kappa shape index (κ2) is 14.3. The Bertz CT molecular complexity index is 1320. The molecule has 2 N–H and O–H groups in total. The van der Waals surface area contributed by atoms with Crippen LogP contribution in [0.1, 0.15) is 49.3 Å². The molecular weight excluding hydrogens is 463 g/mol. The first-order valence-corrected chi connectivity index (χ1v) is 12.1. The molecule has 1 heterocycles. The molecule has 0 atom stereocenters. The Kier molecular flexibility index (Phi) is 11.2. The van der Waals surface area contributed by atoms with Gasteiger partial charge in [-0.15, -0.1) is 0 Å². The summed E-state index contributed by atoms with van der Waals surface area (Å²) in [6.45, 7) is 20.7. The van der Waals surface area contributed by atoms with E-state index in [1.807, 2.05) is 63.2 Å². The van der Waals surface area contributed by atoms with Crippen LogP contribution in [-0.4, -0.2) is 16.9 Å². The van der Waals surface area contributed by atoms with Crippen LogP contribution in [0.5, 0.6) is 0 Å². The van der Waals surface area contributed by atoms with E-state index in [2.05, 4.69) is 47.7 Å². The summed E-state index contributed by atoms with van der Waals surface area (Å²) in [5.41, 5.74) is 11.6. The molecule has 0 unspecified atom stereocenters. The van der Waals surface area contributed by atoms with Gasteiger partial charge in [-0.05, 0) is 60.4 Å². The van der Waals surface area contributed by atoms with Crippen LogP contribution in [0.3, 0.4) is 0 Å². The largest absolute Gasteiger partial charge is 0.403 e. The summed E-state index contributed by atoms with van der Waals surface area (Å²) in [7, 11) is 0. The van der Waals surface area contributed by atoms with Crippen LogP contribution in [0.4, 0.5) is 4.39 Å². The fraction of sp³-hybridized carbons (Fsp3) is 0.194. The molecule has 0 fully saturated rings. The monoisotopic (exact) mass is 498 g/mol. The third kappa shape index (κ3) is 7.58. The summed E-state index contributed by atoms with van der Waals surface area (Å²) in [5.74, 6) is 0.161. The molecule has 6 heteroatoms. The molecule has 37 heavy (non-hydrogen) atoms. The summed E-state index contributed by atoms with van der Waals surface area (Å²) in [5, 5.41) is 4.18. The summed E-state index contributed by atoms with van der Waals surface area (Å²) >= 11 is 0. The van der Waals surface area contributed by atoms with E-state index in [1.54, 1.807) is 0 Å². The van der Waals surface area contributed by atoms with E-state index in [0.717, 1.165) is 41.2 Å². The Morgan fingerprint density at radius 2 is 1.81 bits per heavy atom. The van der Waals surface area contributed by atoms with E-state index in [4.69, 9.17) is 10.3 Å². The number of hydrogen-bond acceptors (Lipinski definition) is 5. The number of aryl methyl sites for hydroxylation is 2. The maximum absolute atomic E-state index is 14.4. The van der Waals surface area contributed by atoms with Crippen molar-refractivity contribution in [2.45, 2.75) is 40.0 Å². The Morgan fingerprint density at radius 3 is 2.38 bits per heavy atom. The van der Waals surface area contributed by atoms with Crippen molar-refractivity contribution in [1.29, 1.82) is 0 Å². The molecule has 5 nitrogen and oxygen atoms in total. The summed E-state index contributed by atoms with van der Waals surface area (Å²) < 4.78 is 20.0. The van der Waals surface area contributed by atoms with Gasteiger partial charge in [-0.2, -0.15) is 4.98 Å². The number of hydrogen-bond donors (Lipinski definition) is 1. The van der Waals surface area contributed by atoms with Gasteiger partial charge in [0.1, 0.15) is 11.5 Å².